The Labute approximate surface area is 118 Å². The van der Waals surface area contributed by atoms with E-state index < -0.39 is 5.97 Å². The average Bonchev–Trinajstić information content (AvgIpc) is 3.11. The lowest BCUT2D eigenvalue weighted by molar-refractivity contribution is 0.0691. The molecule has 21 heavy (non-hydrogen) atoms. The molecule has 0 aliphatic carbocycles. The molecule has 0 spiro atoms. The predicted molar refractivity (Wildman–Crippen MR) is 69.3 cm³/mol. The zero-order valence-corrected chi connectivity index (χ0v) is 11.4. The van der Waals surface area contributed by atoms with Crippen molar-refractivity contribution < 1.29 is 9.90 Å². The Morgan fingerprint density at radius 2 is 2.14 bits per heavy atom. The van der Waals surface area contributed by atoms with Crippen LogP contribution in [0.3, 0.4) is 0 Å². The molecule has 108 valence electrons. The molecule has 10 heteroatoms. The van der Waals surface area contributed by atoms with Gasteiger partial charge >= 0.3 is 5.97 Å². The number of nitrogens with zero attached hydrogens (tertiary/aromatic N) is 8. The number of carboxylic acids is 1. The molecule has 3 aromatic heterocycles. The van der Waals surface area contributed by atoms with Crippen LogP contribution in [0, 0.1) is 0 Å². The van der Waals surface area contributed by atoms with Crippen molar-refractivity contribution in [3.05, 3.63) is 30.2 Å². The standard InChI is InChI=1S/C11H12N8O2/c1-17-4-7(3-13-17)10-9(11(20)21)15-16-19(10)5-8-12-6-14-18(8)2/h3-4,6H,5H2,1-2H3,(H,20,21). The van der Waals surface area contributed by atoms with Crippen molar-refractivity contribution in [1.82, 2.24) is 39.5 Å². The highest BCUT2D eigenvalue weighted by Crippen LogP contribution is 2.22. The summed E-state index contributed by atoms with van der Waals surface area (Å²) in [5.41, 5.74) is 0.894. The molecule has 3 rings (SSSR count). The van der Waals surface area contributed by atoms with Crippen LogP contribution in [0.25, 0.3) is 11.3 Å². The van der Waals surface area contributed by atoms with Gasteiger partial charge in [0.1, 0.15) is 24.4 Å². The van der Waals surface area contributed by atoms with Crippen LogP contribution in [0.2, 0.25) is 0 Å². The normalized spacial score (nSPS) is 11.0. The maximum atomic E-state index is 11.3. The van der Waals surface area contributed by atoms with E-state index in [1.165, 1.54) is 11.0 Å². The van der Waals surface area contributed by atoms with E-state index in [1.54, 1.807) is 35.9 Å². The van der Waals surface area contributed by atoms with E-state index in [-0.39, 0.29) is 12.2 Å². The molecule has 0 aromatic carbocycles. The zero-order chi connectivity index (χ0) is 15.0. The minimum atomic E-state index is -1.14. The number of aromatic nitrogens is 8. The summed E-state index contributed by atoms with van der Waals surface area (Å²) in [7, 11) is 3.50. The lowest BCUT2D eigenvalue weighted by Gasteiger charge is -2.04. The van der Waals surface area contributed by atoms with E-state index in [2.05, 4.69) is 25.5 Å². The Kier molecular flexibility index (Phi) is 2.97. The van der Waals surface area contributed by atoms with Crippen molar-refractivity contribution in [3.63, 3.8) is 0 Å². The summed E-state index contributed by atoms with van der Waals surface area (Å²) in [6.45, 7) is 0.265. The summed E-state index contributed by atoms with van der Waals surface area (Å²) < 4.78 is 4.65. The van der Waals surface area contributed by atoms with Crippen molar-refractivity contribution in [2.45, 2.75) is 6.54 Å². The molecule has 3 aromatic rings. The third-order valence-corrected chi connectivity index (χ3v) is 3.01. The number of hydrogen-bond acceptors (Lipinski definition) is 6. The summed E-state index contributed by atoms with van der Waals surface area (Å²) in [4.78, 5) is 15.4. The first kappa shape index (κ1) is 13.0. The average molecular weight is 288 g/mol. The highest BCUT2D eigenvalue weighted by Gasteiger charge is 2.22. The first-order valence-electron chi connectivity index (χ1n) is 6.05. The van der Waals surface area contributed by atoms with Gasteiger partial charge in [0.2, 0.25) is 0 Å². The third kappa shape index (κ3) is 2.26. The largest absolute Gasteiger partial charge is 0.476 e. The smallest absolute Gasteiger partial charge is 0.358 e. The Morgan fingerprint density at radius 1 is 1.33 bits per heavy atom. The number of carbonyl (C=O) groups is 1. The van der Waals surface area contributed by atoms with Gasteiger partial charge in [-0.05, 0) is 0 Å². The van der Waals surface area contributed by atoms with Crippen LogP contribution in [-0.4, -0.2) is 50.6 Å². The van der Waals surface area contributed by atoms with Crippen molar-refractivity contribution in [2.75, 3.05) is 0 Å². The Bertz CT molecular complexity index is 799. The van der Waals surface area contributed by atoms with Gasteiger partial charge in [0.25, 0.3) is 0 Å². The summed E-state index contributed by atoms with van der Waals surface area (Å²) in [5.74, 6) is -0.500. The molecule has 0 aliphatic heterocycles. The predicted octanol–water partition coefficient (Wildman–Crippen LogP) is -0.446. The van der Waals surface area contributed by atoms with Crippen molar-refractivity contribution in [1.29, 1.82) is 0 Å². The van der Waals surface area contributed by atoms with E-state index in [0.29, 0.717) is 17.1 Å². The van der Waals surface area contributed by atoms with Gasteiger partial charge < -0.3 is 5.11 Å². The molecular weight excluding hydrogens is 276 g/mol. The molecule has 1 N–H and O–H groups in total. The molecule has 0 amide bonds. The lowest BCUT2D eigenvalue weighted by atomic mass is 10.2. The molecular formula is C11H12N8O2. The van der Waals surface area contributed by atoms with Gasteiger partial charge in [-0.3, -0.25) is 9.36 Å². The van der Waals surface area contributed by atoms with Gasteiger partial charge in [0, 0.05) is 25.9 Å². The molecule has 0 bridgehead atoms. The van der Waals surface area contributed by atoms with E-state index >= 15 is 0 Å². The van der Waals surface area contributed by atoms with Crippen LogP contribution >= 0.6 is 0 Å². The SMILES string of the molecule is Cn1cc(-c2c(C(=O)O)nnn2Cc2ncnn2C)cn1. The van der Waals surface area contributed by atoms with Crippen LogP contribution in [0.15, 0.2) is 18.7 Å². The lowest BCUT2D eigenvalue weighted by Crippen LogP contribution is -2.10. The van der Waals surface area contributed by atoms with Gasteiger partial charge in [0.05, 0.1) is 6.20 Å². The molecule has 0 saturated carbocycles. The van der Waals surface area contributed by atoms with E-state index in [9.17, 15) is 9.90 Å². The van der Waals surface area contributed by atoms with Gasteiger partial charge in [0.15, 0.2) is 5.69 Å². The second-order valence-electron chi connectivity index (χ2n) is 4.45. The molecule has 0 fully saturated rings. The van der Waals surface area contributed by atoms with Crippen LogP contribution in [0.1, 0.15) is 16.3 Å². The second kappa shape index (κ2) is 4.81. The van der Waals surface area contributed by atoms with Gasteiger partial charge in [-0.15, -0.1) is 5.10 Å². The van der Waals surface area contributed by atoms with Crippen molar-refractivity contribution in [2.24, 2.45) is 14.1 Å². The summed E-state index contributed by atoms with van der Waals surface area (Å²) >= 11 is 0. The van der Waals surface area contributed by atoms with E-state index in [0.717, 1.165) is 0 Å². The fourth-order valence-corrected chi connectivity index (χ4v) is 1.99. The summed E-state index contributed by atoms with van der Waals surface area (Å²) in [6, 6.07) is 0. The fraction of sp³-hybridized carbons (Fsp3) is 0.273. The zero-order valence-electron chi connectivity index (χ0n) is 11.4. The molecule has 0 aliphatic rings. The number of aryl methyl sites for hydroxylation is 2. The highest BCUT2D eigenvalue weighted by molar-refractivity contribution is 5.92. The maximum Gasteiger partial charge on any atom is 0.358 e. The first-order chi connectivity index (χ1) is 10.1. The van der Waals surface area contributed by atoms with E-state index in [4.69, 9.17) is 0 Å². The summed E-state index contributed by atoms with van der Waals surface area (Å²) in [5, 5.41) is 24.9. The Hall–Kier alpha value is -3.04. The first-order valence-corrected chi connectivity index (χ1v) is 6.05. The second-order valence-corrected chi connectivity index (χ2v) is 4.45. The molecule has 0 atom stereocenters. The van der Waals surface area contributed by atoms with E-state index in [1.807, 2.05) is 0 Å². The molecule has 10 nitrogen and oxygen atoms in total. The van der Waals surface area contributed by atoms with Gasteiger partial charge in [-0.25, -0.2) is 14.5 Å². The monoisotopic (exact) mass is 288 g/mol. The van der Waals surface area contributed by atoms with Crippen LogP contribution < -0.4 is 0 Å². The molecule has 0 saturated heterocycles. The summed E-state index contributed by atoms with van der Waals surface area (Å²) in [6.07, 6.45) is 4.70. The topological polar surface area (TPSA) is 117 Å². The molecule has 0 unspecified atom stereocenters. The van der Waals surface area contributed by atoms with Crippen LogP contribution in [-0.2, 0) is 20.6 Å². The van der Waals surface area contributed by atoms with Crippen LogP contribution in [0.5, 0.6) is 0 Å². The Balaban J connectivity index is 2.09. The third-order valence-electron chi connectivity index (χ3n) is 3.01. The van der Waals surface area contributed by atoms with Gasteiger partial charge in [-0.2, -0.15) is 10.2 Å². The quantitative estimate of drug-likeness (QED) is 0.691. The number of aromatic carboxylic acids is 1. The minimum Gasteiger partial charge on any atom is -0.476 e. The number of hydrogen-bond donors (Lipinski definition) is 1. The van der Waals surface area contributed by atoms with Gasteiger partial charge in [-0.1, -0.05) is 5.21 Å². The highest BCUT2D eigenvalue weighted by atomic mass is 16.4. The maximum absolute atomic E-state index is 11.3. The Morgan fingerprint density at radius 3 is 2.71 bits per heavy atom. The number of rotatable bonds is 4. The number of carboxylic acid groups (broad SMARTS) is 1. The van der Waals surface area contributed by atoms with Crippen molar-refractivity contribution in [3.8, 4) is 11.3 Å². The van der Waals surface area contributed by atoms with Crippen LogP contribution in [0.4, 0.5) is 0 Å². The fourth-order valence-electron chi connectivity index (χ4n) is 1.99. The molecule has 0 radical (unpaired) electrons. The minimum absolute atomic E-state index is 0.120. The molecule has 3 heterocycles. The van der Waals surface area contributed by atoms with Crippen molar-refractivity contribution >= 4 is 5.97 Å².